The van der Waals surface area contributed by atoms with Crippen molar-refractivity contribution in [2.75, 3.05) is 6.26 Å². The number of rotatable bonds is 4. The Morgan fingerprint density at radius 3 is 2.24 bits per heavy atom. The van der Waals surface area contributed by atoms with Crippen LogP contribution in [-0.2, 0) is 29.1 Å². The maximum atomic E-state index is 14.3. The minimum atomic E-state index is -4.83. The van der Waals surface area contributed by atoms with Gasteiger partial charge in [0.15, 0.2) is 15.9 Å². The van der Waals surface area contributed by atoms with Crippen LogP contribution >= 0.6 is 0 Å². The first kappa shape index (κ1) is 24.8. The van der Waals surface area contributed by atoms with Crippen molar-refractivity contribution in [1.82, 2.24) is 4.90 Å². The van der Waals surface area contributed by atoms with Crippen LogP contribution in [0.4, 0.5) is 30.7 Å². The Bertz CT molecular complexity index is 1210. The Balaban J connectivity index is 2.00. The third-order valence-electron chi connectivity index (χ3n) is 4.99. The van der Waals surface area contributed by atoms with E-state index in [4.69, 9.17) is 4.74 Å². The van der Waals surface area contributed by atoms with Gasteiger partial charge in [0, 0.05) is 24.9 Å². The van der Waals surface area contributed by atoms with Crippen LogP contribution in [0, 0.1) is 5.82 Å². The van der Waals surface area contributed by atoms with E-state index < -0.39 is 70.0 Å². The van der Waals surface area contributed by atoms with Crippen LogP contribution in [-0.4, -0.2) is 37.8 Å². The van der Waals surface area contributed by atoms with Crippen molar-refractivity contribution >= 4 is 15.7 Å². The fraction of sp³-hybridized carbons (Fsp3) is 0.350. The fourth-order valence-corrected chi connectivity index (χ4v) is 3.86. The molecule has 1 amide bonds. The Kier molecular flexibility index (Phi) is 6.15. The van der Waals surface area contributed by atoms with Gasteiger partial charge >= 0.3 is 12.4 Å². The maximum absolute atomic E-state index is 14.3. The molecule has 5 nitrogen and oxygen atoms in total. The number of hydrogen-bond donors (Lipinski definition) is 0. The van der Waals surface area contributed by atoms with Gasteiger partial charge in [-0.3, -0.25) is 4.79 Å². The van der Waals surface area contributed by atoms with Gasteiger partial charge in [-0.15, -0.1) is 0 Å². The lowest BCUT2D eigenvalue weighted by Crippen LogP contribution is -2.32. The lowest BCUT2D eigenvalue weighted by molar-refractivity contribution is -0.189. The number of carbonyl (C=O) groups excluding carboxylic acids is 1. The Hall–Kier alpha value is -2.83. The van der Waals surface area contributed by atoms with Gasteiger partial charge in [0.05, 0.1) is 16.0 Å². The molecule has 3 rings (SSSR count). The number of fused-ring (bicyclic) bond motifs is 1. The summed E-state index contributed by atoms with van der Waals surface area (Å²) in [5.74, 6) is -2.80. The summed E-state index contributed by atoms with van der Waals surface area (Å²) in [5, 5.41) is 0. The molecule has 0 aromatic heterocycles. The van der Waals surface area contributed by atoms with E-state index in [0.717, 1.165) is 29.4 Å². The summed E-state index contributed by atoms with van der Waals surface area (Å²) in [6, 6.07) is 3.63. The minimum Gasteiger partial charge on any atom is -0.480 e. The summed E-state index contributed by atoms with van der Waals surface area (Å²) >= 11 is 0. The predicted molar refractivity (Wildman–Crippen MR) is 101 cm³/mol. The van der Waals surface area contributed by atoms with Crippen LogP contribution in [0.1, 0.15) is 34.0 Å². The molecule has 2 aromatic carbocycles. The monoisotopic (exact) mass is 499 g/mol. The van der Waals surface area contributed by atoms with Gasteiger partial charge in [0.1, 0.15) is 11.6 Å². The highest BCUT2D eigenvalue weighted by Crippen LogP contribution is 2.36. The van der Waals surface area contributed by atoms with Gasteiger partial charge in [-0.05, 0) is 42.8 Å². The average molecular weight is 499 g/mol. The SMILES string of the molecule is C[C@H](Oc1ccc(S(C)(=O)=O)cc1C(=O)N1Cc2cc(C(F)(F)F)cc(F)c2C1)C(F)(F)F. The van der Waals surface area contributed by atoms with Crippen LogP contribution in [0.2, 0.25) is 0 Å². The first-order chi connectivity index (χ1) is 15.0. The smallest absolute Gasteiger partial charge is 0.425 e. The lowest BCUT2D eigenvalue weighted by Gasteiger charge is -2.22. The minimum absolute atomic E-state index is 0.124. The van der Waals surface area contributed by atoms with E-state index >= 15 is 0 Å². The molecule has 0 bridgehead atoms. The Labute approximate surface area is 183 Å². The zero-order valence-electron chi connectivity index (χ0n) is 17.0. The highest BCUT2D eigenvalue weighted by atomic mass is 32.2. The van der Waals surface area contributed by atoms with Crippen molar-refractivity contribution in [3.05, 3.63) is 58.4 Å². The molecule has 1 atom stereocenters. The van der Waals surface area contributed by atoms with Crippen molar-refractivity contribution in [2.45, 2.75) is 43.4 Å². The van der Waals surface area contributed by atoms with Gasteiger partial charge in [0.25, 0.3) is 5.91 Å². The molecule has 0 radical (unpaired) electrons. The van der Waals surface area contributed by atoms with Crippen LogP contribution in [0.5, 0.6) is 5.75 Å². The highest BCUT2D eigenvalue weighted by molar-refractivity contribution is 7.90. The van der Waals surface area contributed by atoms with Crippen molar-refractivity contribution in [3.8, 4) is 5.75 Å². The summed E-state index contributed by atoms with van der Waals surface area (Å²) in [5.41, 5.74) is -2.11. The molecule has 13 heteroatoms. The molecule has 0 saturated carbocycles. The topological polar surface area (TPSA) is 63.7 Å². The summed E-state index contributed by atoms with van der Waals surface area (Å²) in [7, 11) is -3.87. The first-order valence-corrected chi connectivity index (χ1v) is 11.1. The second kappa shape index (κ2) is 8.19. The van der Waals surface area contributed by atoms with Gasteiger partial charge in [0.2, 0.25) is 0 Å². The van der Waals surface area contributed by atoms with Crippen LogP contribution in [0.25, 0.3) is 0 Å². The molecular formula is C20H16F7NO4S. The number of halogens is 7. The molecule has 33 heavy (non-hydrogen) atoms. The molecule has 2 aromatic rings. The molecule has 1 heterocycles. The van der Waals surface area contributed by atoms with Crippen LogP contribution < -0.4 is 4.74 Å². The molecule has 1 aliphatic rings. The summed E-state index contributed by atoms with van der Waals surface area (Å²) in [4.78, 5) is 13.6. The van der Waals surface area contributed by atoms with Gasteiger partial charge < -0.3 is 9.64 Å². The van der Waals surface area contributed by atoms with E-state index in [0.29, 0.717) is 13.0 Å². The van der Waals surface area contributed by atoms with Gasteiger partial charge in [-0.2, -0.15) is 26.3 Å². The largest absolute Gasteiger partial charge is 0.480 e. The van der Waals surface area contributed by atoms with Crippen molar-refractivity contribution in [2.24, 2.45) is 0 Å². The summed E-state index contributed by atoms with van der Waals surface area (Å²) in [6.45, 7) is -0.250. The second-order valence-corrected chi connectivity index (χ2v) is 9.50. The van der Waals surface area contributed by atoms with E-state index in [1.165, 1.54) is 0 Å². The van der Waals surface area contributed by atoms with E-state index in [2.05, 4.69) is 0 Å². The molecule has 180 valence electrons. The van der Waals surface area contributed by atoms with Gasteiger partial charge in [-0.1, -0.05) is 0 Å². The molecule has 0 spiro atoms. The Morgan fingerprint density at radius 2 is 1.70 bits per heavy atom. The number of nitrogens with zero attached hydrogens (tertiary/aromatic N) is 1. The van der Waals surface area contributed by atoms with E-state index in [1.54, 1.807) is 0 Å². The lowest BCUT2D eigenvalue weighted by atomic mass is 10.1. The number of ether oxygens (including phenoxy) is 1. The number of sulfone groups is 1. The normalized spacial score (nSPS) is 15.4. The van der Waals surface area contributed by atoms with Gasteiger partial charge in [-0.25, -0.2) is 12.8 Å². The number of amides is 1. The molecule has 0 fully saturated rings. The number of hydrogen-bond acceptors (Lipinski definition) is 4. The van der Waals surface area contributed by atoms with E-state index in [1.807, 2.05) is 0 Å². The molecule has 1 aliphatic heterocycles. The number of alkyl halides is 6. The number of benzene rings is 2. The zero-order chi connectivity index (χ0) is 24.9. The van der Waals surface area contributed by atoms with Crippen LogP contribution in [0.3, 0.4) is 0 Å². The maximum Gasteiger partial charge on any atom is 0.425 e. The highest BCUT2D eigenvalue weighted by Gasteiger charge is 2.39. The van der Waals surface area contributed by atoms with Crippen molar-refractivity contribution < 1.29 is 48.7 Å². The quantitative estimate of drug-likeness (QED) is 0.571. The standard InChI is InChI=1S/C20H16F7NO4S/c1-10(19(22,23)24)32-17-4-3-13(33(2,30)31)7-14(17)18(29)28-8-11-5-12(20(25,26)27)6-16(21)15(11)9-28/h3-7,10H,8-9H2,1-2H3/t10-/m0/s1. The summed E-state index contributed by atoms with van der Waals surface area (Å²) in [6.07, 6.45) is -11.2. The molecule has 0 N–H and O–H groups in total. The second-order valence-electron chi connectivity index (χ2n) is 7.49. The fourth-order valence-electron chi connectivity index (χ4n) is 3.21. The number of carbonyl (C=O) groups is 1. The first-order valence-electron chi connectivity index (χ1n) is 9.23. The third-order valence-corrected chi connectivity index (χ3v) is 6.10. The Morgan fingerprint density at radius 1 is 1.06 bits per heavy atom. The molecular weight excluding hydrogens is 483 g/mol. The average Bonchev–Trinajstić information content (AvgIpc) is 3.10. The summed E-state index contributed by atoms with van der Waals surface area (Å²) < 4.78 is 121. The molecule has 0 saturated heterocycles. The third kappa shape index (κ3) is 5.23. The predicted octanol–water partition coefficient (Wildman–Crippen LogP) is 4.73. The van der Waals surface area contributed by atoms with E-state index in [-0.39, 0.29) is 22.1 Å². The molecule has 0 aliphatic carbocycles. The van der Waals surface area contributed by atoms with Crippen molar-refractivity contribution in [3.63, 3.8) is 0 Å². The van der Waals surface area contributed by atoms with E-state index in [9.17, 15) is 43.9 Å². The zero-order valence-corrected chi connectivity index (χ0v) is 17.8. The molecule has 0 unspecified atom stereocenters. The van der Waals surface area contributed by atoms with Crippen molar-refractivity contribution in [1.29, 1.82) is 0 Å². The van der Waals surface area contributed by atoms with Crippen LogP contribution in [0.15, 0.2) is 35.2 Å².